The average molecular weight is 206 g/mol. The van der Waals surface area contributed by atoms with Crippen LogP contribution in [0.2, 0.25) is 0 Å². The minimum absolute atomic E-state index is 1.07. The van der Waals surface area contributed by atoms with Gasteiger partial charge in [-0.3, -0.25) is 0 Å². The zero-order chi connectivity index (χ0) is 12.7. The van der Waals surface area contributed by atoms with Crippen molar-refractivity contribution in [3.8, 4) is 0 Å². The first-order valence-electron chi connectivity index (χ1n) is 5.34. The van der Waals surface area contributed by atoms with Gasteiger partial charge < -0.3 is 0 Å². The molecule has 0 aliphatic carbocycles. The third-order valence-electron chi connectivity index (χ3n) is 1.41. The van der Waals surface area contributed by atoms with E-state index in [2.05, 4.69) is 32.7 Å². The summed E-state index contributed by atoms with van der Waals surface area (Å²) >= 11 is 0. The molecule has 0 aromatic carbocycles. The second kappa shape index (κ2) is 18.5. The molecule has 0 heterocycles. The molecule has 0 N–H and O–H groups in total. The van der Waals surface area contributed by atoms with Crippen LogP contribution >= 0.6 is 0 Å². The van der Waals surface area contributed by atoms with Gasteiger partial charge >= 0.3 is 0 Å². The van der Waals surface area contributed by atoms with Crippen molar-refractivity contribution in [3.05, 3.63) is 61.3 Å². The standard InChI is InChI=1S/C11H16.C2H6.C2H4/c1-5-7-9-11(4)10(3)8-6-2;2*1-2/h5-9H,3H2,1-2,4H3;1-2H3;1-2H2/b7-5-,8-6-,11-9+;;. The summed E-state index contributed by atoms with van der Waals surface area (Å²) < 4.78 is 0. The van der Waals surface area contributed by atoms with E-state index in [4.69, 9.17) is 0 Å². The highest BCUT2D eigenvalue weighted by atomic mass is 13.9. The summed E-state index contributed by atoms with van der Waals surface area (Å²) in [6, 6.07) is 0. The number of rotatable bonds is 3. The molecule has 0 rings (SSSR count). The van der Waals surface area contributed by atoms with Gasteiger partial charge in [-0.05, 0) is 31.9 Å². The van der Waals surface area contributed by atoms with Crippen molar-refractivity contribution in [3.63, 3.8) is 0 Å². The summed E-state index contributed by atoms with van der Waals surface area (Å²) in [6.07, 6.45) is 10.1. The first kappa shape index (κ1) is 19.3. The van der Waals surface area contributed by atoms with Crippen LogP contribution in [0, 0.1) is 0 Å². The third-order valence-corrected chi connectivity index (χ3v) is 1.41. The molecule has 0 bridgehead atoms. The zero-order valence-corrected chi connectivity index (χ0v) is 11.0. The van der Waals surface area contributed by atoms with Crippen LogP contribution in [0.25, 0.3) is 0 Å². The normalized spacial score (nSPS) is 10.3. The van der Waals surface area contributed by atoms with Crippen molar-refractivity contribution in [2.75, 3.05) is 0 Å². The average Bonchev–Trinajstić information content (AvgIpc) is 2.31. The van der Waals surface area contributed by atoms with Crippen molar-refractivity contribution >= 4 is 0 Å². The van der Waals surface area contributed by atoms with E-state index in [1.165, 1.54) is 5.57 Å². The van der Waals surface area contributed by atoms with Gasteiger partial charge in [-0.2, -0.15) is 0 Å². The molecule has 0 nitrogen and oxygen atoms in total. The molecule has 86 valence electrons. The lowest BCUT2D eigenvalue weighted by molar-refractivity contribution is 1.43. The fourth-order valence-corrected chi connectivity index (χ4v) is 0.680. The van der Waals surface area contributed by atoms with E-state index < -0.39 is 0 Å². The van der Waals surface area contributed by atoms with Crippen LogP contribution < -0.4 is 0 Å². The largest absolute Gasteiger partial charge is 0.106 e. The molecule has 0 aromatic rings. The summed E-state index contributed by atoms with van der Waals surface area (Å²) in [4.78, 5) is 0. The van der Waals surface area contributed by atoms with Crippen molar-refractivity contribution in [1.29, 1.82) is 0 Å². The van der Waals surface area contributed by atoms with Crippen molar-refractivity contribution < 1.29 is 0 Å². The molecule has 0 amide bonds. The van der Waals surface area contributed by atoms with Crippen LogP contribution in [0.1, 0.15) is 34.6 Å². The molecule has 0 fully saturated rings. The smallest absolute Gasteiger partial charge is 0.0303 e. The second-order valence-electron chi connectivity index (χ2n) is 2.40. The van der Waals surface area contributed by atoms with Crippen molar-refractivity contribution in [1.82, 2.24) is 0 Å². The van der Waals surface area contributed by atoms with Crippen molar-refractivity contribution in [2.24, 2.45) is 0 Å². The van der Waals surface area contributed by atoms with Crippen LogP contribution in [-0.4, -0.2) is 0 Å². The highest BCUT2D eigenvalue weighted by molar-refractivity contribution is 5.37. The predicted molar refractivity (Wildman–Crippen MR) is 75.1 cm³/mol. The quantitative estimate of drug-likeness (QED) is 0.424. The molecule has 0 spiro atoms. The Morgan fingerprint density at radius 3 is 1.80 bits per heavy atom. The van der Waals surface area contributed by atoms with Crippen LogP contribution in [0.3, 0.4) is 0 Å². The van der Waals surface area contributed by atoms with E-state index in [1.54, 1.807) is 0 Å². The lowest BCUT2D eigenvalue weighted by Gasteiger charge is -1.96. The molecule has 15 heavy (non-hydrogen) atoms. The summed E-state index contributed by atoms with van der Waals surface area (Å²) in [5.74, 6) is 0. The Morgan fingerprint density at radius 2 is 1.47 bits per heavy atom. The fourth-order valence-electron chi connectivity index (χ4n) is 0.680. The van der Waals surface area contributed by atoms with E-state index in [0.717, 1.165) is 5.57 Å². The molecule has 0 aliphatic rings. The van der Waals surface area contributed by atoms with E-state index in [0.29, 0.717) is 0 Å². The molecule has 0 saturated carbocycles. The van der Waals surface area contributed by atoms with Crippen LogP contribution in [0.4, 0.5) is 0 Å². The monoisotopic (exact) mass is 206 g/mol. The maximum absolute atomic E-state index is 3.91. The maximum atomic E-state index is 3.91. The topological polar surface area (TPSA) is 0 Å². The summed E-state index contributed by atoms with van der Waals surface area (Å²) in [7, 11) is 0. The second-order valence-corrected chi connectivity index (χ2v) is 2.40. The SMILES string of the molecule is C=C.C=C(/C=C\C)/C(C)=C/C=C\C.CC. The van der Waals surface area contributed by atoms with E-state index in [9.17, 15) is 0 Å². The Kier molecular flexibility index (Phi) is 23.8. The molecule has 0 unspecified atom stereocenters. The Labute approximate surface area is 96.4 Å². The Bertz CT molecular complexity index is 214. The predicted octanol–water partition coefficient (Wildman–Crippen LogP) is 5.47. The fraction of sp³-hybridized carbons (Fsp3) is 0.333. The Morgan fingerprint density at radius 1 is 1.00 bits per heavy atom. The van der Waals surface area contributed by atoms with E-state index in [-0.39, 0.29) is 0 Å². The molecule has 0 heteroatoms. The Balaban J connectivity index is -0.000000318. The van der Waals surface area contributed by atoms with Gasteiger partial charge in [-0.1, -0.05) is 50.8 Å². The Hall–Kier alpha value is -1.30. The number of hydrogen-bond acceptors (Lipinski definition) is 0. The van der Waals surface area contributed by atoms with Gasteiger partial charge in [0.2, 0.25) is 0 Å². The molecule has 0 radical (unpaired) electrons. The van der Waals surface area contributed by atoms with Crippen LogP contribution in [0.15, 0.2) is 61.3 Å². The molecule has 0 atom stereocenters. The van der Waals surface area contributed by atoms with Crippen LogP contribution in [-0.2, 0) is 0 Å². The van der Waals surface area contributed by atoms with Gasteiger partial charge in [0.25, 0.3) is 0 Å². The first-order chi connectivity index (χ1) is 7.22. The minimum atomic E-state index is 1.07. The first-order valence-corrected chi connectivity index (χ1v) is 5.34. The van der Waals surface area contributed by atoms with Gasteiger partial charge in [0.1, 0.15) is 0 Å². The molecule has 0 aromatic heterocycles. The summed E-state index contributed by atoms with van der Waals surface area (Å²) in [5.41, 5.74) is 2.28. The molecular formula is C15H26. The lowest BCUT2D eigenvalue weighted by atomic mass is 10.1. The van der Waals surface area contributed by atoms with E-state index >= 15 is 0 Å². The minimum Gasteiger partial charge on any atom is -0.106 e. The third kappa shape index (κ3) is 15.5. The van der Waals surface area contributed by atoms with Gasteiger partial charge in [0.05, 0.1) is 0 Å². The molecule has 0 aliphatic heterocycles. The number of allylic oxidation sites excluding steroid dienone is 7. The van der Waals surface area contributed by atoms with Gasteiger partial charge in [-0.25, -0.2) is 0 Å². The van der Waals surface area contributed by atoms with E-state index in [1.807, 2.05) is 52.0 Å². The lowest BCUT2D eigenvalue weighted by Crippen LogP contribution is -1.76. The molecular weight excluding hydrogens is 180 g/mol. The highest BCUT2D eigenvalue weighted by Crippen LogP contribution is 2.07. The molecule has 0 saturated heterocycles. The number of hydrogen-bond donors (Lipinski definition) is 0. The zero-order valence-electron chi connectivity index (χ0n) is 11.0. The van der Waals surface area contributed by atoms with Gasteiger partial charge in [0, 0.05) is 0 Å². The summed E-state index contributed by atoms with van der Waals surface area (Å²) in [5, 5.41) is 0. The van der Waals surface area contributed by atoms with Gasteiger partial charge in [-0.15, -0.1) is 13.2 Å². The maximum Gasteiger partial charge on any atom is -0.0303 e. The summed E-state index contributed by atoms with van der Waals surface area (Å²) in [6.45, 7) is 20.0. The van der Waals surface area contributed by atoms with Gasteiger partial charge in [0.15, 0.2) is 0 Å². The van der Waals surface area contributed by atoms with Crippen LogP contribution in [0.5, 0.6) is 0 Å². The van der Waals surface area contributed by atoms with Crippen molar-refractivity contribution in [2.45, 2.75) is 34.6 Å². The highest BCUT2D eigenvalue weighted by Gasteiger charge is 1.87.